The molecular weight excluding hydrogens is 484 g/mol. The molecule has 2 heterocycles. The van der Waals surface area contributed by atoms with E-state index in [9.17, 15) is 4.79 Å². The molecule has 39 heavy (non-hydrogen) atoms. The Kier molecular flexibility index (Phi) is 9.10. The van der Waals surface area contributed by atoms with Gasteiger partial charge in [-0.15, -0.1) is 0 Å². The minimum absolute atomic E-state index is 0.129. The van der Waals surface area contributed by atoms with Crippen molar-refractivity contribution in [2.75, 3.05) is 20.6 Å². The van der Waals surface area contributed by atoms with Gasteiger partial charge in [-0.25, -0.2) is 0 Å². The predicted molar refractivity (Wildman–Crippen MR) is 159 cm³/mol. The van der Waals surface area contributed by atoms with Gasteiger partial charge in [-0.1, -0.05) is 52.7 Å². The maximum atomic E-state index is 12.7. The van der Waals surface area contributed by atoms with Crippen molar-refractivity contribution in [3.05, 3.63) is 81.7 Å². The first kappa shape index (κ1) is 29.2. The van der Waals surface area contributed by atoms with Gasteiger partial charge in [0.15, 0.2) is 5.76 Å². The van der Waals surface area contributed by atoms with E-state index < -0.39 is 0 Å². The summed E-state index contributed by atoms with van der Waals surface area (Å²) in [6.45, 7) is 13.1. The van der Waals surface area contributed by atoms with Crippen LogP contribution in [0.25, 0.3) is 0 Å². The zero-order chi connectivity index (χ0) is 28.2. The average molecular weight is 533 g/mol. The zero-order valence-corrected chi connectivity index (χ0v) is 25.2. The van der Waals surface area contributed by atoms with Crippen LogP contribution in [0.4, 0.5) is 0 Å². The summed E-state index contributed by atoms with van der Waals surface area (Å²) in [6, 6.07) is 12.7. The molecule has 1 aliphatic carbocycles. The molecule has 0 atom stereocenters. The number of unbranched alkanes of at least 4 members (excludes halogenated alkanes) is 3. The third kappa shape index (κ3) is 7.45. The molecule has 0 radical (unpaired) electrons. The lowest BCUT2D eigenvalue weighted by Crippen LogP contribution is -2.34. The normalized spacial score (nSPS) is 15.9. The van der Waals surface area contributed by atoms with Crippen molar-refractivity contribution >= 4 is 5.91 Å². The molecule has 3 aromatic rings. The summed E-state index contributed by atoms with van der Waals surface area (Å²) < 4.78 is 11.9. The highest BCUT2D eigenvalue weighted by atomic mass is 16.4. The molecule has 2 aromatic heterocycles. The fraction of sp³-hybridized carbons (Fsp3) is 0.559. The van der Waals surface area contributed by atoms with Crippen molar-refractivity contribution in [3.8, 4) is 0 Å². The van der Waals surface area contributed by atoms with Crippen molar-refractivity contribution in [3.63, 3.8) is 0 Å². The van der Waals surface area contributed by atoms with E-state index in [1.54, 1.807) is 6.07 Å². The standard InChI is InChI=1S/C34H48N2O3/c1-24-20-29-30(34(4,5)18-17-33(29,2)3)22-25(24)21-27-15-16-31(39-27)32(37)35-19-11-9-8-10-12-26-13-14-28(38-26)23-36(6)7/h13-16,20,22H,8-12,17-19,21,23H2,1-7H3,(H,35,37). The molecule has 0 fully saturated rings. The summed E-state index contributed by atoms with van der Waals surface area (Å²) in [6.07, 6.45) is 8.35. The number of aryl methyl sites for hydroxylation is 2. The van der Waals surface area contributed by atoms with Crippen molar-refractivity contribution in [1.29, 1.82) is 0 Å². The lowest BCUT2D eigenvalue weighted by molar-refractivity contribution is 0.0923. The van der Waals surface area contributed by atoms with Crippen LogP contribution in [0.1, 0.15) is 116 Å². The lowest BCUT2D eigenvalue weighted by atomic mass is 9.62. The van der Waals surface area contributed by atoms with Crippen molar-refractivity contribution in [1.82, 2.24) is 10.2 Å². The van der Waals surface area contributed by atoms with E-state index in [2.05, 4.69) is 69.1 Å². The number of hydrogen-bond donors (Lipinski definition) is 1. The van der Waals surface area contributed by atoms with Gasteiger partial charge < -0.3 is 19.1 Å². The number of nitrogens with zero attached hydrogens (tertiary/aromatic N) is 1. The Bertz CT molecular complexity index is 1260. The largest absolute Gasteiger partial charge is 0.465 e. The number of benzene rings is 1. The number of furan rings is 2. The monoisotopic (exact) mass is 532 g/mol. The van der Waals surface area contributed by atoms with Crippen LogP contribution in [0.15, 0.2) is 45.2 Å². The van der Waals surface area contributed by atoms with Crippen molar-refractivity contribution < 1.29 is 13.6 Å². The third-order valence-corrected chi connectivity index (χ3v) is 8.38. The zero-order valence-electron chi connectivity index (χ0n) is 25.2. The third-order valence-electron chi connectivity index (χ3n) is 8.38. The number of amides is 1. The summed E-state index contributed by atoms with van der Waals surface area (Å²) in [7, 11) is 4.09. The molecule has 1 N–H and O–H groups in total. The summed E-state index contributed by atoms with van der Waals surface area (Å²) >= 11 is 0. The van der Waals surface area contributed by atoms with Crippen LogP contribution >= 0.6 is 0 Å². The predicted octanol–water partition coefficient (Wildman–Crippen LogP) is 7.72. The maximum Gasteiger partial charge on any atom is 0.286 e. The minimum atomic E-state index is -0.129. The number of nitrogens with one attached hydrogen (secondary N) is 1. The Morgan fingerprint density at radius 3 is 2.21 bits per heavy atom. The van der Waals surface area contributed by atoms with E-state index in [4.69, 9.17) is 8.83 Å². The van der Waals surface area contributed by atoms with Crippen LogP contribution in [0, 0.1) is 6.92 Å². The van der Waals surface area contributed by atoms with Gasteiger partial charge in [0.25, 0.3) is 5.91 Å². The average Bonchev–Trinajstić information content (AvgIpc) is 3.51. The highest BCUT2D eigenvalue weighted by Crippen LogP contribution is 2.46. The number of hydrogen-bond acceptors (Lipinski definition) is 4. The van der Waals surface area contributed by atoms with E-state index in [0.717, 1.165) is 55.9 Å². The molecule has 212 valence electrons. The quantitative estimate of drug-likeness (QED) is 0.243. The molecule has 0 saturated carbocycles. The molecule has 0 spiro atoms. The SMILES string of the molecule is Cc1cc2c(cc1Cc1ccc(C(=O)NCCCCCCc3ccc(CN(C)C)o3)o1)C(C)(C)CCC2(C)C. The molecule has 0 aliphatic heterocycles. The van der Waals surface area contributed by atoms with Gasteiger partial charge in [0, 0.05) is 19.4 Å². The number of carbonyl (C=O) groups is 1. The highest BCUT2D eigenvalue weighted by Gasteiger charge is 2.37. The molecule has 4 rings (SSSR count). The van der Waals surface area contributed by atoms with Crippen molar-refractivity contribution in [2.45, 2.75) is 103 Å². The first-order valence-corrected chi connectivity index (χ1v) is 14.7. The smallest absolute Gasteiger partial charge is 0.286 e. The Hall–Kier alpha value is -2.79. The maximum absolute atomic E-state index is 12.7. The first-order valence-electron chi connectivity index (χ1n) is 14.7. The molecule has 0 saturated heterocycles. The second-order valence-electron chi connectivity index (χ2n) is 13.1. The first-order chi connectivity index (χ1) is 18.4. The van der Waals surface area contributed by atoms with Crippen LogP contribution in [-0.4, -0.2) is 31.4 Å². The van der Waals surface area contributed by atoms with Crippen LogP contribution in [0.3, 0.4) is 0 Å². The van der Waals surface area contributed by atoms with Gasteiger partial charge >= 0.3 is 0 Å². The summed E-state index contributed by atoms with van der Waals surface area (Å²) in [4.78, 5) is 14.8. The molecule has 0 unspecified atom stereocenters. The van der Waals surface area contributed by atoms with Gasteiger partial charge in [0.2, 0.25) is 0 Å². The summed E-state index contributed by atoms with van der Waals surface area (Å²) in [5.41, 5.74) is 5.90. The molecule has 5 nitrogen and oxygen atoms in total. The number of rotatable bonds is 12. The van der Waals surface area contributed by atoms with Crippen LogP contribution in [-0.2, 0) is 30.2 Å². The molecule has 1 aromatic carbocycles. The minimum Gasteiger partial charge on any atom is -0.465 e. The number of fused-ring (bicyclic) bond motifs is 1. The fourth-order valence-electron chi connectivity index (χ4n) is 5.76. The van der Waals surface area contributed by atoms with E-state index >= 15 is 0 Å². The Balaban J connectivity index is 1.22. The topological polar surface area (TPSA) is 58.6 Å². The van der Waals surface area contributed by atoms with E-state index in [-0.39, 0.29) is 16.7 Å². The van der Waals surface area contributed by atoms with E-state index in [0.29, 0.717) is 18.7 Å². The van der Waals surface area contributed by atoms with Gasteiger partial charge in [-0.3, -0.25) is 4.79 Å². The molecular formula is C34H48N2O3. The summed E-state index contributed by atoms with van der Waals surface area (Å²) in [5.74, 6) is 3.18. The fourth-order valence-corrected chi connectivity index (χ4v) is 5.76. The number of carbonyl (C=O) groups excluding carboxylic acids is 1. The van der Waals surface area contributed by atoms with Crippen LogP contribution in [0.2, 0.25) is 0 Å². The molecule has 5 heteroatoms. The lowest BCUT2D eigenvalue weighted by Gasteiger charge is -2.42. The van der Waals surface area contributed by atoms with Crippen LogP contribution in [0.5, 0.6) is 0 Å². The van der Waals surface area contributed by atoms with Gasteiger partial charge in [-0.2, -0.15) is 0 Å². The Labute approximate surface area is 235 Å². The molecule has 1 aliphatic rings. The second-order valence-corrected chi connectivity index (χ2v) is 13.1. The van der Waals surface area contributed by atoms with E-state index in [1.807, 2.05) is 20.2 Å². The highest BCUT2D eigenvalue weighted by molar-refractivity contribution is 5.91. The van der Waals surface area contributed by atoms with Crippen LogP contribution < -0.4 is 5.32 Å². The van der Waals surface area contributed by atoms with E-state index in [1.165, 1.54) is 35.1 Å². The Morgan fingerprint density at radius 1 is 0.846 bits per heavy atom. The van der Waals surface area contributed by atoms with Crippen molar-refractivity contribution in [2.24, 2.45) is 0 Å². The molecule has 0 bridgehead atoms. The second kappa shape index (κ2) is 12.2. The Morgan fingerprint density at radius 2 is 1.49 bits per heavy atom. The van der Waals surface area contributed by atoms with Gasteiger partial charge in [-0.05, 0) is 104 Å². The molecule has 1 amide bonds. The van der Waals surface area contributed by atoms with Gasteiger partial charge in [0.1, 0.15) is 17.3 Å². The van der Waals surface area contributed by atoms with Gasteiger partial charge in [0.05, 0.1) is 6.54 Å². The summed E-state index contributed by atoms with van der Waals surface area (Å²) in [5, 5.41) is 3.02.